The zero-order valence-electron chi connectivity index (χ0n) is 12.0. The number of hydrogen-bond acceptors (Lipinski definition) is 5. The standard InChI is InChI=1S/C17H13N3O3/c21-14-5-3-13(16(22)9-14)10-19-20-17(23)12-4-6-15-11(8-12)2-1-7-18-15/h1-10,21-22H,(H,20,23)/b19-10-. The zero-order valence-corrected chi connectivity index (χ0v) is 12.0. The summed E-state index contributed by atoms with van der Waals surface area (Å²) in [7, 11) is 0. The van der Waals surface area contributed by atoms with Gasteiger partial charge in [-0.2, -0.15) is 5.10 Å². The van der Waals surface area contributed by atoms with Crippen molar-refractivity contribution in [3.8, 4) is 11.5 Å². The number of nitrogens with one attached hydrogen (secondary N) is 1. The molecule has 3 N–H and O–H groups in total. The summed E-state index contributed by atoms with van der Waals surface area (Å²) in [5.74, 6) is -0.543. The molecule has 0 aliphatic carbocycles. The molecule has 3 rings (SSSR count). The number of benzene rings is 2. The minimum Gasteiger partial charge on any atom is -0.508 e. The first-order valence-electron chi connectivity index (χ1n) is 6.84. The Hall–Kier alpha value is -3.41. The maximum absolute atomic E-state index is 12.1. The molecule has 0 radical (unpaired) electrons. The maximum Gasteiger partial charge on any atom is 0.271 e. The monoisotopic (exact) mass is 307 g/mol. The first kappa shape index (κ1) is 14.5. The van der Waals surface area contributed by atoms with E-state index in [4.69, 9.17) is 0 Å². The number of nitrogens with zero attached hydrogens (tertiary/aromatic N) is 2. The first-order chi connectivity index (χ1) is 11.1. The van der Waals surface area contributed by atoms with E-state index in [0.717, 1.165) is 10.9 Å². The highest BCUT2D eigenvalue weighted by Crippen LogP contribution is 2.20. The van der Waals surface area contributed by atoms with Crippen LogP contribution >= 0.6 is 0 Å². The molecule has 0 aliphatic rings. The fourth-order valence-corrected chi connectivity index (χ4v) is 2.08. The number of hydrogen-bond donors (Lipinski definition) is 3. The highest BCUT2D eigenvalue weighted by molar-refractivity contribution is 5.98. The van der Waals surface area contributed by atoms with Crippen LogP contribution < -0.4 is 5.43 Å². The molecule has 6 heteroatoms. The van der Waals surface area contributed by atoms with Crippen molar-refractivity contribution in [3.05, 3.63) is 65.9 Å². The van der Waals surface area contributed by atoms with Gasteiger partial charge in [-0.1, -0.05) is 6.07 Å². The topological polar surface area (TPSA) is 94.8 Å². The van der Waals surface area contributed by atoms with E-state index in [1.807, 2.05) is 6.07 Å². The van der Waals surface area contributed by atoms with Gasteiger partial charge in [0.05, 0.1) is 11.7 Å². The SMILES string of the molecule is O=C(N/N=C\c1ccc(O)cc1O)c1ccc2ncccc2c1. The Morgan fingerprint density at radius 2 is 2.00 bits per heavy atom. The highest BCUT2D eigenvalue weighted by Gasteiger charge is 2.06. The molecule has 3 aromatic rings. The number of aromatic hydroxyl groups is 2. The van der Waals surface area contributed by atoms with E-state index in [2.05, 4.69) is 15.5 Å². The van der Waals surface area contributed by atoms with Crippen molar-refractivity contribution in [2.24, 2.45) is 5.10 Å². The molecular formula is C17H13N3O3. The average molecular weight is 307 g/mol. The predicted molar refractivity (Wildman–Crippen MR) is 86.6 cm³/mol. The normalized spacial score (nSPS) is 11.0. The number of fused-ring (bicyclic) bond motifs is 1. The largest absolute Gasteiger partial charge is 0.508 e. The molecule has 0 spiro atoms. The number of aromatic nitrogens is 1. The molecule has 114 valence electrons. The Labute approximate surface area is 131 Å². The van der Waals surface area contributed by atoms with Crippen LogP contribution in [0.15, 0.2) is 59.8 Å². The number of rotatable bonds is 3. The number of phenols is 2. The van der Waals surface area contributed by atoms with Crippen LogP contribution in [0.25, 0.3) is 10.9 Å². The fourth-order valence-electron chi connectivity index (χ4n) is 2.08. The van der Waals surface area contributed by atoms with Gasteiger partial charge in [-0.3, -0.25) is 9.78 Å². The Balaban J connectivity index is 1.74. The summed E-state index contributed by atoms with van der Waals surface area (Å²) in [5.41, 5.74) is 4.03. The van der Waals surface area contributed by atoms with Gasteiger partial charge in [0.2, 0.25) is 0 Å². The molecule has 0 unspecified atom stereocenters. The molecule has 0 saturated heterocycles. The number of phenolic OH excluding ortho intramolecular Hbond substituents is 2. The molecule has 23 heavy (non-hydrogen) atoms. The molecule has 0 bridgehead atoms. The summed E-state index contributed by atoms with van der Waals surface area (Å²) in [6.45, 7) is 0. The van der Waals surface area contributed by atoms with Crippen molar-refractivity contribution in [2.75, 3.05) is 0 Å². The van der Waals surface area contributed by atoms with Gasteiger partial charge in [-0.05, 0) is 36.4 Å². The number of hydrazone groups is 1. The summed E-state index contributed by atoms with van der Waals surface area (Å²) >= 11 is 0. The second kappa shape index (κ2) is 6.15. The van der Waals surface area contributed by atoms with Crippen molar-refractivity contribution in [1.82, 2.24) is 10.4 Å². The lowest BCUT2D eigenvalue weighted by Gasteiger charge is -2.02. The Bertz CT molecular complexity index is 906. The van der Waals surface area contributed by atoms with Crippen LogP contribution in [0.1, 0.15) is 15.9 Å². The molecule has 1 heterocycles. The average Bonchev–Trinajstić information content (AvgIpc) is 2.56. The molecular weight excluding hydrogens is 294 g/mol. The zero-order chi connectivity index (χ0) is 16.2. The maximum atomic E-state index is 12.1. The third-order valence-electron chi connectivity index (χ3n) is 3.25. The third-order valence-corrected chi connectivity index (χ3v) is 3.25. The Morgan fingerprint density at radius 3 is 2.83 bits per heavy atom. The van der Waals surface area contributed by atoms with Gasteiger partial charge in [-0.25, -0.2) is 5.43 Å². The molecule has 1 aromatic heterocycles. The van der Waals surface area contributed by atoms with Gasteiger partial charge in [-0.15, -0.1) is 0 Å². The fraction of sp³-hybridized carbons (Fsp3) is 0. The molecule has 2 aromatic carbocycles. The predicted octanol–water partition coefficient (Wildman–Crippen LogP) is 2.41. The third kappa shape index (κ3) is 3.26. The van der Waals surface area contributed by atoms with Crippen molar-refractivity contribution in [1.29, 1.82) is 0 Å². The van der Waals surface area contributed by atoms with Crippen molar-refractivity contribution in [2.45, 2.75) is 0 Å². The summed E-state index contributed by atoms with van der Waals surface area (Å²) in [4.78, 5) is 16.3. The van der Waals surface area contributed by atoms with Crippen LogP contribution in [0.5, 0.6) is 11.5 Å². The van der Waals surface area contributed by atoms with Crippen molar-refractivity contribution >= 4 is 23.0 Å². The van der Waals surface area contributed by atoms with Crippen LogP contribution in [0.4, 0.5) is 0 Å². The number of carbonyl (C=O) groups is 1. The van der Waals surface area contributed by atoms with Gasteiger partial charge < -0.3 is 10.2 Å². The number of amides is 1. The summed E-state index contributed by atoms with van der Waals surface area (Å²) in [6, 6.07) is 12.9. The lowest BCUT2D eigenvalue weighted by atomic mass is 10.1. The molecule has 0 aliphatic heterocycles. The Kier molecular flexibility index (Phi) is 3.88. The molecule has 0 saturated carbocycles. The summed E-state index contributed by atoms with van der Waals surface area (Å²) in [5, 5.41) is 23.5. The van der Waals surface area contributed by atoms with Gasteiger partial charge in [0, 0.05) is 28.8 Å². The minimum atomic E-state index is -0.370. The van der Waals surface area contributed by atoms with Crippen LogP contribution in [0.2, 0.25) is 0 Å². The van der Waals surface area contributed by atoms with E-state index in [0.29, 0.717) is 11.1 Å². The van der Waals surface area contributed by atoms with Gasteiger partial charge in [0.15, 0.2) is 0 Å². The molecule has 0 atom stereocenters. The van der Waals surface area contributed by atoms with E-state index < -0.39 is 0 Å². The smallest absolute Gasteiger partial charge is 0.271 e. The van der Waals surface area contributed by atoms with E-state index in [9.17, 15) is 15.0 Å². The number of pyridine rings is 1. The van der Waals surface area contributed by atoms with Crippen LogP contribution in [0, 0.1) is 0 Å². The lowest BCUT2D eigenvalue weighted by Crippen LogP contribution is -2.17. The van der Waals surface area contributed by atoms with Crippen LogP contribution in [-0.4, -0.2) is 27.3 Å². The second-order valence-electron chi connectivity index (χ2n) is 4.85. The van der Waals surface area contributed by atoms with Gasteiger partial charge in [0.1, 0.15) is 11.5 Å². The number of carbonyl (C=O) groups excluding carboxylic acids is 1. The van der Waals surface area contributed by atoms with Gasteiger partial charge >= 0.3 is 0 Å². The van der Waals surface area contributed by atoms with Crippen molar-refractivity contribution in [3.63, 3.8) is 0 Å². The van der Waals surface area contributed by atoms with Gasteiger partial charge in [0.25, 0.3) is 5.91 Å². The van der Waals surface area contributed by atoms with Crippen LogP contribution in [0.3, 0.4) is 0 Å². The molecule has 1 amide bonds. The van der Waals surface area contributed by atoms with E-state index in [-0.39, 0.29) is 17.4 Å². The first-order valence-corrected chi connectivity index (χ1v) is 6.84. The quantitative estimate of drug-likeness (QED) is 0.511. The summed E-state index contributed by atoms with van der Waals surface area (Å²) in [6.07, 6.45) is 2.99. The van der Waals surface area contributed by atoms with E-state index >= 15 is 0 Å². The highest BCUT2D eigenvalue weighted by atomic mass is 16.3. The van der Waals surface area contributed by atoms with E-state index in [1.165, 1.54) is 24.4 Å². The van der Waals surface area contributed by atoms with Crippen LogP contribution in [-0.2, 0) is 0 Å². The van der Waals surface area contributed by atoms with Crippen molar-refractivity contribution < 1.29 is 15.0 Å². The summed E-state index contributed by atoms with van der Waals surface area (Å²) < 4.78 is 0. The molecule has 6 nitrogen and oxygen atoms in total. The Morgan fingerprint density at radius 1 is 1.13 bits per heavy atom. The lowest BCUT2D eigenvalue weighted by molar-refractivity contribution is 0.0955. The minimum absolute atomic E-state index is 0.0477. The second-order valence-corrected chi connectivity index (χ2v) is 4.85. The molecule has 0 fully saturated rings. The van der Waals surface area contributed by atoms with E-state index in [1.54, 1.807) is 30.5 Å².